The van der Waals surface area contributed by atoms with Crippen molar-refractivity contribution < 1.29 is 23.7 Å². The van der Waals surface area contributed by atoms with Crippen molar-refractivity contribution in [1.82, 2.24) is 0 Å². The number of ether oxygens (including phenoxy) is 4. The van der Waals surface area contributed by atoms with Gasteiger partial charge in [0.2, 0.25) is 0 Å². The Kier molecular flexibility index (Phi) is 8.80. The number of hydrogen-bond acceptors (Lipinski definition) is 5. The Morgan fingerprint density at radius 3 is 2.18 bits per heavy atom. The van der Waals surface area contributed by atoms with Gasteiger partial charge in [-0.05, 0) is 12.8 Å². The molecule has 5 heteroatoms. The Morgan fingerprint density at radius 2 is 1.71 bits per heavy atom. The van der Waals surface area contributed by atoms with Crippen LogP contribution in [0.4, 0.5) is 4.79 Å². The third-order valence-corrected chi connectivity index (χ3v) is 2.26. The maximum Gasteiger partial charge on any atom is 0.508 e. The van der Waals surface area contributed by atoms with Gasteiger partial charge in [-0.15, -0.1) is 0 Å². The number of rotatable bonds is 3. The van der Waals surface area contributed by atoms with Crippen LogP contribution in [0.3, 0.4) is 0 Å². The van der Waals surface area contributed by atoms with Crippen molar-refractivity contribution in [3.8, 4) is 0 Å². The van der Waals surface area contributed by atoms with E-state index in [9.17, 15) is 4.79 Å². The molecule has 0 spiro atoms. The van der Waals surface area contributed by atoms with E-state index in [4.69, 9.17) is 18.9 Å². The van der Waals surface area contributed by atoms with Crippen LogP contribution < -0.4 is 0 Å². The molecule has 1 aliphatic rings. The third-order valence-electron chi connectivity index (χ3n) is 2.26. The van der Waals surface area contributed by atoms with E-state index in [0.29, 0.717) is 13.2 Å². The molecule has 1 rings (SSSR count). The van der Waals surface area contributed by atoms with Crippen molar-refractivity contribution in [3.05, 3.63) is 0 Å². The van der Waals surface area contributed by atoms with Gasteiger partial charge in [0.25, 0.3) is 0 Å². The monoisotopic (exact) mass is 248 g/mol. The zero-order chi connectivity index (χ0) is 13.3. The zero-order valence-corrected chi connectivity index (χ0v) is 11.4. The normalized spacial score (nSPS) is 18.0. The molecule has 0 bridgehead atoms. The highest BCUT2D eigenvalue weighted by Crippen LogP contribution is 2.09. The summed E-state index contributed by atoms with van der Waals surface area (Å²) in [5, 5.41) is 0. The second kappa shape index (κ2) is 9.24. The molecule has 0 aliphatic carbocycles. The molecule has 5 nitrogen and oxygen atoms in total. The van der Waals surface area contributed by atoms with Crippen molar-refractivity contribution in [2.75, 3.05) is 20.0 Å². The van der Waals surface area contributed by atoms with Crippen LogP contribution in [-0.2, 0) is 18.9 Å². The number of carbonyl (C=O) groups is 1. The predicted molar refractivity (Wildman–Crippen MR) is 63.8 cm³/mol. The lowest BCUT2D eigenvalue weighted by atomic mass is 10.1. The molecule has 1 unspecified atom stereocenters. The largest absolute Gasteiger partial charge is 0.508 e. The molecule has 0 radical (unpaired) electrons. The fourth-order valence-corrected chi connectivity index (χ4v) is 0.986. The highest BCUT2D eigenvalue weighted by molar-refractivity contribution is 5.60. The molecule has 1 atom stereocenters. The SMILES string of the molecule is CC.CC(C)C(C)OC(=O)OC1COCOC1. The molecule has 17 heavy (non-hydrogen) atoms. The Labute approximate surface area is 103 Å². The molecule has 0 N–H and O–H groups in total. The van der Waals surface area contributed by atoms with Gasteiger partial charge >= 0.3 is 6.16 Å². The van der Waals surface area contributed by atoms with E-state index in [1.807, 2.05) is 34.6 Å². The summed E-state index contributed by atoms with van der Waals surface area (Å²) in [7, 11) is 0. The van der Waals surface area contributed by atoms with E-state index in [-0.39, 0.29) is 24.9 Å². The molecule has 1 heterocycles. The number of hydrogen-bond donors (Lipinski definition) is 0. The van der Waals surface area contributed by atoms with Crippen LogP contribution >= 0.6 is 0 Å². The van der Waals surface area contributed by atoms with Gasteiger partial charge in [0.05, 0.1) is 13.2 Å². The molecule has 0 aromatic heterocycles. The smallest absolute Gasteiger partial charge is 0.431 e. The van der Waals surface area contributed by atoms with Crippen LogP contribution in [0.1, 0.15) is 34.6 Å². The van der Waals surface area contributed by atoms with Crippen LogP contribution in [0.15, 0.2) is 0 Å². The minimum absolute atomic E-state index is 0.150. The first-order valence-corrected chi connectivity index (χ1v) is 6.12. The summed E-state index contributed by atoms with van der Waals surface area (Å²) < 4.78 is 20.0. The molecule has 0 saturated carbocycles. The fraction of sp³-hybridized carbons (Fsp3) is 0.917. The summed E-state index contributed by atoms with van der Waals surface area (Å²) in [6.45, 7) is 10.8. The Hall–Kier alpha value is -0.810. The maximum absolute atomic E-state index is 11.3. The second-order valence-electron chi connectivity index (χ2n) is 3.92. The summed E-state index contributed by atoms with van der Waals surface area (Å²) in [6.07, 6.45) is -1.16. The zero-order valence-electron chi connectivity index (χ0n) is 11.4. The van der Waals surface area contributed by atoms with Gasteiger partial charge in [0.1, 0.15) is 12.9 Å². The first kappa shape index (κ1) is 16.2. The highest BCUT2D eigenvalue weighted by atomic mass is 16.8. The first-order chi connectivity index (χ1) is 8.09. The molecule has 1 aliphatic heterocycles. The molecule has 1 fully saturated rings. The van der Waals surface area contributed by atoms with Crippen molar-refractivity contribution in [2.24, 2.45) is 5.92 Å². The van der Waals surface area contributed by atoms with E-state index >= 15 is 0 Å². The van der Waals surface area contributed by atoms with Gasteiger partial charge in [-0.1, -0.05) is 27.7 Å². The molecule has 0 aromatic carbocycles. The van der Waals surface area contributed by atoms with Crippen molar-refractivity contribution >= 4 is 6.16 Å². The lowest BCUT2D eigenvalue weighted by molar-refractivity contribution is -0.159. The average molecular weight is 248 g/mol. The topological polar surface area (TPSA) is 54.0 Å². The van der Waals surface area contributed by atoms with Crippen molar-refractivity contribution in [3.63, 3.8) is 0 Å². The van der Waals surface area contributed by atoms with Gasteiger partial charge in [0, 0.05) is 0 Å². The average Bonchev–Trinajstić information content (AvgIpc) is 2.32. The third kappa shape index (κ3) is 7.18. The molecule has 102 valence electrons. The van der Waals surface area contributed by atoms with Crippen LogP contribution in [0, 0.1) is 5.92 Å². The molecule has 0 amide bonds. The standard InChI is InChI=1S/C10H18O5.C2H6/c1-7(2)8(3)14-10(11)15-9-4-12-6-13-5-9;1-2/h7-9H,4-6H2,1-3H3;1-2H3. The lowest BCUT2D eigenvalue weighted by Gasteiger charge is -2.23. The Morgan fingerprint density at radius 1 is 1.18 bits per heavy atom. The van der Waals surface area contributed by atoms with Crippen molar-refractivity contribution in [2.45, 2.75) is 46.8 Å². The van der Waals surface area contributed by atoms with Crippen LogP contribution in [0.2, 0.25) is 0 Å². The summed E-state index contributed by atoms with van der Waals surface area (Å²) in [5.74, 6) is 0.274. The summed E-state index contributed by atoms with van der Waals surface area (Å²) in [4.78, 5) is 11.3. The van der Waals surface area contributed by atoms with Gasteiger partial charge in [-0.2, -0.15) is 0 Å². The highest BCUT2D eigenvalue weighted by Gasteiger charge is 2.21. The van der Waals surface area contributed by atoms with Crippen molar-refractivity contribution in [1.29, 1.82) is 0 Å². The van der Waals surface area contributed by atoms with E-state index in [1.165, 1.54) is 0 Å². The van der Waals surface area contributed by atoms with Gasteiger partial charge in [-0.3, -0.25) is 0 Å². The molecule has 0 aromatic rings. The second-order valence-corrected chi connectivity index (χ2v) is 3.92. The summed E-state index contributed by atoms with van der Waals surface area (Å²) in [6, 6.07) is 0. The first-order valence-electron chi connectivity index (χ1n) is 6.12. The predicted octanol–water partition coefficient (Wildman–Crippen LogP) is 2.58. The summed E-state index contributed by atoms with van der Waals surface area (Å²) >= 11 is 0. The van der Waals surface area contributed by atoms with Crippen LogP contribution in [0.5, 0.6) is 0 Å². The van der Waals surface area contributed by atoms with E-state index in [2.05, 4.69) is 0 Å². The van der Waals surface area contributed by atoms with Crippen LogP contribution in [-0.4, -0.2) is 38.4 Å². The van der Waals surface area contributed by atoms with Gasteiger partial charge in [0.15, 0.2) is 6.10 Å². The van der Waals surface area contributed by atoms with Crippen LogP contribution in [0.25, 0.3) is 0 Å². The van der Waals surface area contributed by atoms with E-state index in [0.717, 1.165) is 0 Å². The Balaban J connectivity index is 0.00000121. The molecule has 1 saturated heterocycles. The van der Waals surface area contributed by atoms with Gasteiger partial charge in [-0.25, -0.2) is 4.79 Å². The minimum Gasteiger partial charge on any atom is -0.431 e. The molecular weight excluding hydrogens is 224 g/mol. The maximum atomic E-state index is 11.3. The van der Waals surface area contributed by atoms with E-state index in [1.54, 1.807) is 0 Å². The van der Waals surface area contributed by atoms with E-state index < -0.39 is 6.16 Å². The fourth-order valence-electron chi connectivity index (χ4n) is 0.986. The van der Waals surface area contributed by atoms with Gasteiger partial charge < -0.3 is 18.9 Å². The lowest BCUT2D eigenvalue weighted by Crippen LogP contribution is -2.34. The quantitative estimate of drug-likeness (QED) is 0.718. The minimum atomic E-state index is -0.657. The summed E-state index contributed by atoms with van der Waals surface area (Å²) in [5.41, 5.74) is 0. The number of carbonyl (C=O) groups excluding carboxylic acids is 1. The molecular formula is C12H24O5. The Bertz CT molecular complexity index is 199.